The van der Waals surface area contributed by atoms with E-state index in [2.05, 4.69) is 17.4 Å². The molecule has 0 saturated heterocycles. The summed E-state index contributed by atoms with van der Waals surface area (Å²) >= 11 is 0. The zero-order valence-corrected chi connectivity index (χ0v) is 11.2. The molecule has 0 bridgehead atoms. The zero-order chi connectivity index (χ0) is 13.2. The molecule has 100 valence electrons. The Morgan fingerprint density at radius 2 is 2.06 bits per heavy atom. The predicted octanol–water partition coefficient (Wildman–Crippen LogP) is 0.924. The van der Waals surface area contributed by atoms with Crippen molar-refractivity contribution < 1.29 is 9.53 Å². The van der Waals surface area contributed by atoms with Crippen LogP contribution in [0, 0.1) is 0 Å². The first-order valence-corrected chi connectivity index (χ1v) is 6.24. The topological polar surface area (TPSA) is 41.6 Å². The van der Waals surface area contributed by atoms with E-state index in [1.54, 1.807) is 11.9 Å². The van der Waals surface area contributed by atoms with Crippen molar-refractivity contribution in [3.63, 3.8) is 0 Å². The molecule has 0 aliphatic rings. The van der Waals surface area contributed by atoms with Gasteiger partial charge in [-0.2, -0.15) is 0 Å². The Hall–Kier alpha value is -1.39. The van der Waals surface area contributed by atoms with Crippen molar-refractivity contribution in [1.82, 2.24) is 10.2 Å². The van der Waals surface area contributed by atoms with Crippen molar-refractivity contribution in [2.45, 2.75) is 6.42 Å². The molecule has 1 amide bonds. The second-order valence-electron chi connectivity index (χ2n) is 4.21. The number of nitrogens with one attached hydrogen (secondary N) is 1. The molecular formula is C14H22N2O2. The third-order valence-electron chi connectivity index (χ3n) is 2.73. The van der Waals surface area contributed by atoms with E-state index in [4.69, 9.17) is 4.74 Å². The fourth-order valence-electron chi connectivity index (χ4n) is 1.51. The third kappa shape index (κ3) is 5.80. The molecule has 0 saturated carbocycles. The zero-order valence-electron chi connectivity index (χ0n) is 11.2. The van der Waals surface area contributed by atoms with Gasteiger partial charge in [-0.05, 0) is 19.0 Å². The molecule has 0 unspecified atom stereocenters. The third-order valence-corrected chi connectivity index (χ3v) is 2.73. The first-order valence-electron chi connectivity index (χ1n) is 6.24. The molecule has 0 aliphatic carbocycles. The Bertz CT molecular complexity index is 341. The maximum Gasteiger partial charge on any atom is 0.248 e. The number of hydrogen-bond donors (Lipinski definition) is 1. The van der Waals surface area contributed by atoms with Crippen molar-refractivity contribution in [3.05, 3.63) is 35.9 Å². The lowest BCUT2D eigenvalue weighted by Crippen LogP contribution is -2.35. The van der Waals surface area contributed by atoms with Gasteiger partial charge in [0.2, 0.25) is 5.91 Å². The highest BCUT2D eigenvalue weighted by Gasteiger charge is 2.07. The van der Waals surface area contributed by atoms with Gasteiger partial charge >= 0.3 is 0 Å². The molecule has 18 heavy (non-hydrogen) atoms. The van der Waals surface area contributed by atoms with Gasteiger partial charge in [0, 0.05) is 20.1 Å². The minimum Gasteiger partial charge on any atom is -0.371 e. The molecule has 1 N–H and O–H groups in total. The van der Waals surface area contributed by atoms with Crippen molar-refractivity contribution in [1.29, 1.82) is 0 Å². The fraction of sp³-hybridized carbons (Fsp3) is 0.500. The lowest BCUT2D eigenvalue weighted by Gasteiger charge is -2.16. The SMILES string of the molecule is CNCCN(C)C(=O)COCCc1ccccc1. The number of nitrogens with zero attached hydrogens (tertiary/aromatic N) is 1. The van der Waals surface area contributed by atoms with Gasteiger partial charge in [0.15, 0.2) is 0 Å². The molecule has 0 atom stereocenters. The Kier molecular flexibility index (Phi) is 7.06. The summed E-state index contributed by atoms with van der Waals surface area (Å²) in [5.41, 5.74) is 1.23. The van der Waals surface area contributed by atoms with Crippen LogP contribution in [0.3, 0.4) is 0 Å². The van der Waals surface area contributed by atoms with Crippen LogP contribution in [0.1, 0.15) is 5.56 Å². The standard InChI is InChI=1S/C14H22N2O2/c1-15-9-10-16(2)14(17)12-18-11-8-13-6-4-3-5-7-13/h3-7,15H,8-12H2,1-2H3. The van der Waals surface area contributed by atoms with Crippen LogP contribution in [0.5, 0.6) is 0 Å². The number of hydrogen-bond acceptors (Lipinski definition) is 3. The number of carbonyl (C=O) groups excluding carboxylic acids is 1. The van der Waals surface area contributed by atoms with Gasteiger partial charge in [-0.25, -0.2) is 0 Å². The largest absolute Gasteiger partial charge is 0.371 e. The molecule has 4 heteroatoms. The van der Waals surface area contributed by atoms with E-state index >= 15 is 0 Å². The maximum atomic E-state index is 11.6. The van der Waals surface area contributed by atoms with Gasteiger partial charge < -0.3 is 15.0 Å². The molecule has 0 spiro atoms. The normalized spacial score (nSPS) is 10.3. The van der Waals surface area contributed by atoms with Crippen LogP contribution in [0.2, 0.25) is 0 Å². The minimum atomic E-state index is 0.0262. The molecule has 0 radical (unpaired) electrons. The molecule has 0 aromatic heterocycles. The monoisotopic (exact) mass is 250 g/mol. The minimum absolute atomic E-state index is 0.0262. The van der Waals surface area contributed by atoms with Crippen molar-refractivity contribution in [3.8, 4) is 0 Å². The van der Waals surface area contributed by atoms with E-state index in [-0.39, 0.29) is 12.5 Å². The lowest BCUT2D eigenvalue weighted by atomic mass is 10.2. The number of likely N-dealkylation sites (N-methyl/N-ethyl adjacent to an activating group) is 2. The highest BCUT2D eigenvalue weighted by molar-refractivity contribution is 5.77. The second-order valence-corrected chi connectivity index (χ2v) is 4.21. The second kappa shape index (κ2) is 8.66. The van der Waals surface area contributed by atoms with Crippen LogP contribution in [-0.2, 0) is 16.0 Å². The van der Waals surface area contributed by atoms with Crippen LogP contribution >= 0.6 is 0 Å². The summed E-state index contributed by atoms with van der Waals surface area (Å²) in [4.78, 5) is 13.3. The first-order chi connectivity index (χ1) is 8.74. The molecule has 0 heterocycles. The number of benzene rings is 1. The van der Waals surface area contributed by atoms with E-state index in [0.717, 1.165) is 13.0 Å². The maximum absolute atomic E-state index is 11.6. The van der Waals surface area contributed by atoms with E-state index in [0.29, 0.717) is 13.2 Å². The molecule has 1 aromatic carbocycles. The number of amides is 1. The Labute approximate surface area is 109 Å². The molecule has 0 aliphatic heterocycles. The Balaban J connectivity index is 2.12. The molecule has 4 nitrogen and oxygen atoms in total. The summed E-state index contributed by atoms with van der Waals surface area (Å²) in [7, 11) is 3.66. The van der Waals surface area contributed by atoms with Crippen molar-refractivity contribution >= 4 is 5.91 Å². The smallest absolute Gasteiger partial charge is 0.248 e. The summed E-state index contributed by atoms with van der Waals surface area (Å²) in [5.74, 6) is 0.0262. The number of carbonyl (C=O) groups is 1. The van der Waals surface area contributed by atoms with Crippen LogP contribution in [-0.4, -0.2) is 51.2 Å². The quantitative estimate of drug-likeness (QED) is 0.698. The average Bonchev–Trinajstić information content (AvgIpc) is 2.41. The first kappa shape index (κ1) is 14.7. The van der Waals surface area contributed by atoms with E-state index in [1.807, 2.05) is 25.2 Å². The average molecular weight is 250 g/mol. The highest BCUT2D eigenvalue weighted by Crippen LogP contribution is 1.99. The van der Waals surface area contributed by atoms with Crippen LogP contribution in [0.15, 0.2) is 30.3 Å². The summed E-state index contributed by atoms with van der Waals surface area (Å²) < 4.78 is 5.39. The van der Waals surface area contributed by atoms with Gasteiger partial charge in [0.1, 0.15) is 6.61 Å². The molecular weight excluding hydrogens is 228 g/mol. The summed E-state index contributed by atoms with van der Waals surface area (Å²) in [6.45, 7) is 2.24. The molecule has 0 fully saturated rings. The van der Waals surface area contributed by atoms with E-state index < -0.39 is 0 Å². The van der Waals surface area contributed by atoms with Gasteiger partial charge in [-0.1, -0.05) is 30.3 Å². The highest BCUT2D eigenvalue weighted by atomic mass is 16.5. The Morgan fingerprint density at radius 1 is 1.33 bits per heavy atom. The lowest BCUT2D eigenvalue weighted by molar-refractivity contribution is -0.134. The molecule has 1 rings (SSSR count). The summed E-state index contributed by atoms with van der Waals surface area (Å²) in [6.07, 6.45) is 0.842. The number of rotatable bonds is 8. The fourth-order valence-corrected chi connectivity index (χ4v) is 1.51. The van der Waals surface area contributed by atoms with E-state index in [1.165, 1.54) is 5.56 Å². The Morgan fingerprint density at radius 3 is 2.72 bits per heavy atom. The summed E-state index contributed by atoms with van der Waals surface area (Å²) in [6, 6.07) is 10.1. The van der Waals surface area contributed by atoms with Crippen LogP contribution in [0.4, 0.5) is 0 Å². The van der Waals surface area contributed by atoms with Crippen LogP contribution < -0.4 is 5.32 Å². The van der Waals surface area contributed by atoms with Crippen molar-refractivity contribution in [2.24, 2.45) is 0 Å². The number of ether oxygens (including phenoxy) is 1. The predicted molar refractivity (Wildman–Crippen MR) is 72.5 cm³/mol. The van der Waals surface area contributed by atoms with Gasteiger partial charge in [0.25, 0.3) is 0 Å². The van der Waals surface area contributed by atoms with Gasteiger partial charge in [-0.15, -0.1) is 0 Å². The van der Waals surface area contributed by atoms with Crippen molar-refractivity contribution in [2.75, 3.05) is 40.4 Å². The van der Waals surface area contributed by atoms with Gasteiger partial charge in [0.05, 0.1) is 6.61 Å². The summed E-state index contributed by atoms with van der Waals surface area (Å²) in [5, 5.41) is 3.01. The van der Waals surface area contributed by atoms with Crippen LogP contribution in [0.25, 0.3) is 0 Å². The van der Waals surface area contributed by atoms with E-state index in [9.17, 15) is 4.79 Å². The van der Waals surface area contributed by atoms with Gasteiger partial charge in [-0.3, -0.25) is 4.79 Å². The molecule has 1 aromatic rings.